The van der Waals surface area contributed by atoms with Gasteiger partial charge in [0.2, 0.25) is 0 Å². The Labute approximate surface area is 138 Å². The minimum Gasteiger partial charge on any atom is -0.0993 e. The molecule has 0 bridgehead atoms. The lowest BCUT2D eigenvalue weighted by molar-refractivity contribution is 0.306. The summed E-state index contributed by atoms with van der Waals surface area (Å²) in [6.07, 6.45) is 6.44. The van der Waals surface area contributed by atoms with Gasteiger partial charge in [0.15, 0.2) is 0 Å². The zero-order chi connectivity index (χ0) is 16.3. The molecule has 1 atom stereocenters. The van der Waals surface area contributed by atoms with E-state index in [0.717, 1.165) is 18.8 Å². The molecule has 1 fully saturated rings. The van der Waals surface area contributed by atoms with E-state index in [2.05, 4.69) is 65.5 Å². The molecule has 22 heavy (non-hydrogen) atoms. The Morgan fingerprint density at radius 2 is 1.82 bits per heavy atom. The molecule has 0 N–H and O–H groups in total. The van der Waals surface area contributed by atoms with Crippen molar-refractivity contribution in [3.8, 4) is 0 Å². The maximum Gasteiger partial charge on any atom is -0.0140 e. The minimum atomic E-state index is 0.353. The van der Waals surface area contributed by atoms with E-state index in [4.69, 9.17) is 0 Å². The first-order chi connectivity index (χ1) is 10.3. The molecule has 0 radical (unpaired) electrons. The van der Waals surface area contributed by atoms with E-state index in [0.29, 0.717) is 17.3 Å². The van der Waals surface area contributed by atoms with Gasteiger partial charge in [0, 0.05) is 0 Å². The van der Waals surface area contributed by atoms with Crippen molar-refractivity contribution in [3.05, 3.63) is 47.5 Å². The van der Waals surface area contributed by atoms with Crippen LogP contribution in [0.1, 0.15) is 65.0 Å². The molecule has 2 rings (SSSR count). The molecule has 0 saturated heterocycles. The first-order valence-electron chi connectivity index (χ1n) is 9.03. The molecule has 0 unspecified atom stereocenters. The maximum atomic E-state index is 4.48. The van der Waals surface area contributed by atoms with Gasteiger partial charge in [-0.25, -0.2) is 0 Å². The van der Waals surface area contributed by atoms with Gasteiger partial charge in [-0.1, -0.05) is 77.5 Å². The summed E-state index contributed by atoms with van der Waals surface area (Å²) in [5, 5.41) is 0. The topological polar surface area (TPSA) is 0 Å². The van der Waals surface area contributed by atoms with E-state index in [-0.39, 0.29) is 0 Å². The van der Waals surface area contributed by atoms with Crippen LogP contribution in [0.25, 0.3) is 0 Å². The van der Waals surface area contributed by atoms with Crippen molar-refractivity contribution in [2.75, 3.05) is 0 Å². The van der Waals surface area contributed by atoms with Crippen molar-refractivity contribution < 1.29 is 0 Å². The van der Waals surface area contributed by atoms with Crippen molar-refractivity contribution >= 4 is 0 Å². The molecule has 1 aromatic carbocycles. The summed E-state index contributed by atoms with van der Waals surface area (Å²) in [5.74, 6) is 2.11. The summed E-state index contributed by atoms with van der Waals surface area (Å²) >= 11 is 0. The summed E-state index contributed by atoms with van der Waals surface area (Å²) in [6.45, 7) is 16.1. The fourth-order valence-electron chi connectivity index (χ4n) is 3.61. The highest BCUT2D eigenvalue weighted by Crippen LogP contribution is 2.39. The Hall–Kier alpha value is -1.04. The smallest absolute Gasteiger partial charge is 0.0140 e. The van der Waals surface area contributed by atoms with Gasteiger partial charge in [-0.05, 0) is 60.0 Å². The third kappa shape index (κ3) is 4.73. The van der Waals surface area contributed by atoms with E-state index in [9.17, 15) is 0 Å². The second kappa shape index (κ2) is 7.02. The summed E-state index contributed by atoms with van der Waals surface area (Å²) < 4.78 is 0. The molecule has 0 aromatic heterocycles. The lowest BCUT2D eigenvalue weighted by Crippen LogP contribution is -2.24. The van der Waals surface area contributed by atoms with Gasteiger partial charge in [-0.3, -0.25) is 0 Å². The van der Waals surface area contributed by atoms with Crippen LogP contribution in [0.3, 0.4) is 0 Å². The molecule has 0 heterocycles. The summed E-state index contributed by atoms with van der Waals surface area (Å²) in [6, 6.07) is 9.24. The Kier molecular flexibility index (Phi) is 5.53. The average molecular weight is 299 g/mol. The lowest BCUT2D eigenvalue weighted by Gasteiger charge is -2.34. The standard InChI is InChI=1S/C22H34/c1-16(2)21(17(3)20-11-8-12-20)14-18-9-7-10-19(13-18)15-22(4,5)6/h7,9-10,13,16,20-21H,3,8,11-12,14-15H2,1-2,4-6H3/t21-/m0/s1. The molecule has 122 valence electrons. The number of hydrogen-bond acceptors (Lipinski definition) is 0. The first kappa shape index (κ1) is 17.3. The van der Waals surface area contributed by atoms with Gasteiger partial charge >= 0.3 is 0 Å². The second-order valence-corrected chi connectivity index (χ2v) is 8.81. The molecule has 1 saturated carbocycles. The van der Waals surface area contributed by atoms with Crippen molar-refractivity contribution in [3.63, 3.8) is 0 Å². The van der Waals surface area contributed by atoms with Crippen molar-refractivity contribution in [2.45, 2.75) is 66.7 Å². The Balaban J connectivity index is 2.09. The predicted molar refractivity (Wildman–Crippen MR) is 98.1 cm³/mol. The van der Waals surface area contributed by atoms with Crippen LogP contribution in [-0.2, 0) is 12.8 Å². The summed E-state index contributed by atoms with van der Waals surface area (Å²) in [4.78, 5) is 0. The number of allylic oxidation sites excluding steroid dienone is 1. The number of hydrogen-bond donors (Lipinski definition) is 0. The van der Waals surface area contributed by atoms with Crippen LogP contribution in [0.15, 0.2) is 36.4 Å². The lowest BCUT2D eigenvalue weighted by atomic mass is 9.71. The van der Waals surface area contributed by atoms with Crippen LogP contribution in [0.5, 0.6) is 0 Å². The zero-order valence-electron chi connectivity index (χ0n) is 15.3. The molecule has 0 aliphatic heterocycles. The molecular formula is C22H34. The fourth-order valence-corrected chi connectivity index (χ4v) is 3.61. The molecule has 1 aliphatic carbocycles. The van der Waals surface area contributed by atoms with Gasteiger partial charge < -0.3 is 0 Å². The van der Waals surface area contributed by atoms with Crippen molar-refractivity contribution in [1.82, 2.24) is 0 Å². The monoisotopic (exact) mass is 298 g/mol. The number of benzene rings is 1. The quantitative estimate of drug-likeness (QED) is 0.530. The van der Waals surface area contributed by atoms with E-state index in [1.165, 1.54) is 36.0 Å². The van der Waals surface area contributed by atoms with Gasteiger partial charge in [-0.2, -0.15) is 0 Å². The normalized spacial score (nSPS) is 17.4. The molecule has 0 heteroatoms. The molecule has 0 nitrogen and oxygen atoms in total. The van der Waals surface area contributed by atoms with Crippen LogP contribution in [-0.4, -0.2) is 0 Å². The molecule has 0 spiro atoms. The van der Waals surface area contributed by atoms with Gasteiger partial charge in [-0.15, -0.1) is 0 Å². The highest BCUT2D eigenvalue weighted by atomic mass is 14.3. The maximum absolute atomic E-state index is 4.48. The third-order valence-corrected chi connectivity index (χ3v) is 5.09. The van der Waals surface area contributed by atoms with Crippen LogP contribution < -0.4 is 0 Å². The zero-order valence-corrected chi connectivity index (χ0v) is 15.3. The van der Waals surface area contributed by atoms with Crippen molar-refractivity contribution in [1.29, 1.82) is 0 Å². The van der Waals surface area contributed by atoms with Gasteiger partial charge in [0.05, 0.1) is 0 Å². The first-order valence-corrected chi connectivity index (χ1v) is 9.03. The Bertz CT molecular complexity index is 497. The Morgan fingerprint density at radius 1 is 1.18 bits per heavy atom. The van der Waals surface area contributed by atoms with E-state index >= 15 is 0 Å². The van der Waals surface area contributed by atoms with Crippen molar-refractivity contribution in [2.24, 2.45) is 23.2 Å². The van der Waals surface area contributed by atoms with E-state index < -0.39 is 0 Å². The predicted octanol–water partition coefficient (Wildman–Crippen LogP) is 6.45. The molecule has 1 aromatic rings. The van der Waals surface area contributed by atoms with Gasteiger partial charge in [0.25, 0.3) is 0 Å². The van der Waals surface area contributed by atoms with E-state index in [1.807, 2.05) is 0 Å². The largest absolute Gasteiger partial charge is 0.0993 e. The molecule has 1 aliphatic rings. The second-order valence-electron chi connectivity index (χ2n) is 8.81. The van der Waals surface area contributed by atoms with Crippen LogP contribution in [0.2, 0.25) is 0 Å². The summed E-state index contributed by atoms with van der Waals surface area (Å²) in [5.41, 5.74) is 4.83. The van der Waals surface area contributed by atoms with Crippen LogP contribution in [0.4, 0.5) is 0 Å². The van der Waals surface area contributed by atoms with Crippen LogP contribution in [0, 0.1) is 23.2 Å². The Morgan fingerprint density at radius 3 is 2.32 bits per heavy atom. The minimum absolute atomic E-state index is 0.353. The highest BCUT2D eigenvalue weighted by molar-refractivity contribution is 5.26. The molecule has 0 amide bonds. The molecular weight excluding hydrogens is 264 g/mol. The fraction of sp³-hybridized carbons (Fsp3) is 0.636. The van der Waals surface area contributed by atoms with Gasteiger partial charge in [0.1, 0.15) is 0 Å². The highest BCUT2D eigenvalue weighted by Gasteiger charge is 2.28. The third-order valence-electron chi connectivity index (χ3n) is 5.09. The summed E-state index contributed by atoms with van der Waals surface area (Å²) in [7, 11) is 0. The number of rotatable bonds is 6. The SMILES string of the molecule is C=C(C1CCC1)[C@@H](Cc1cccc(CC(C)(C)C)c1)C(C)C. The van der Waals surface area contributed by atoms with Crippen LogP contribution >= 0.6 is 0 Å². The van der Waals surface area contributed by atoms with E-state index in [1.54, 1.807) is 0 Å². The average Bonchev–Trinajstić information content (AvgIpc) is 2.31.